The van der Waals surface area contributed by atoms with Gasteiger partial charge in [-0.15, -0.1) is 13.1 Å². The van der Waals surface area contributed by atoms with E-state index < -0.39 is 0 Å². The molecule has 1 aliphatic rings. The molecular formula is C28H37N4O2Y. The molecule has 0 saturated carbocycles. The Morgan fingerprint density at radius 2 is 1.77 bits per heavy atom. The van der Waals surface area contributed by atoms with E-state index in [2.05, 4.69) is 48.5 Å². The summed E-state index contributed by atoms with van der Waals surface area (Å²) in [5, 5.41) is 6.14. The summed E-state index contributed by atoms with van der Waals surface area (Å²) in [7, 11) is 0. The topological polar surface area (TPSA) is 74.3 Å². The monoisotopic (exact) mass is 550 g/mol. The van der Waals surface area contributed by atoms with Crippen molar-refractivity contribution in [3.63, 3.8) is 0 Å². The average molecular weight is 551 g/mol. The Morgan fingerprint density at radius 1 is 1.09 bits per heavy atom. The largest absolute Gasteiger partial charge is 3.00 e. The van der Waals surface area contributed by atoms with Gasteiger partial charge in [0.25, 0.3) is 0 Å². The average Bonchev–Trinajstić information content (AvgIpc) is 2.90. The number of nitrogens with zero attached hydrogens (tertiary/aromatic N) is 2. The molecule has 1 aliphatic heterocycles. The van der Waals surface area contributed by atoms with E-state index in [9.17, 15) is 9.59 Å². The van der Waals surface area contributed by atoms with E-state index in [0.29, 0.717) is 25.6 Å². The quantitative estimate of drug-likeness (QED) is 0.280. The van der Waals surface area contributed by atoms with Crippen molar-refractivity contribution in [2.24, 2.45) is 0 Å². The number of hydrogen-bond donors (Lipinski definition) is 2. The number of amides is 2. The normalized spacial score (nSPS) is 13.3. The number of rotatable bonds is 9. The fourth-order valence-electron chi connectivity index (χ4n) is 3.59. The molecule has 0 unspecified atom stereocenters. The summed E-state index contributed by atoms with van der Waals surface area (Å²) in [5.41, 5.74) is 2.99. The number of nitrogens with one attached hydrogen (secondary N) is 2. The van der Waals surface area contributed by atoms with Gasteiger partial charge >= 0.3 is 32.7 Å². The van der Waals surface area contributed by atoms with Crippen molar-refractivity contribution in [1.29, 1.82) is 0 Å². The second kappa shape index (κ2) is 18.4. The van der Waals surface area contributed by atoms with Crippen LogP contribution in [-0.2, 0) is 37.5 Å². The molecule has 0 aliphatic carbocycles. The molecule has 0 radical (unpaired) electrons. The van der Waals surface area contributed by atoms with Crippen LogP contribution in [0.15, 0.2) is 54.9 Å². The summed E-state index contributed by atoms with van der Waals surface area (Å²) in [6, 6.07) is 11.8. The summed E-state index contributed by atoms with van der Waals surface area (Å²) >= 11 is 0. The molecular weight excluding hydrogens is 513 g/mol. The fourth-order valence-corrected chi connectivity index (χ4v) is 3.59. The molecule has 7 heteroatoms. The summed E-state index contributed by atoms with van der Waals surface area (Å²) in [5.74, 6) is 0.566. The van der Waals surface area contributed by atoms with Crippen LogP contribution in [0.1, 0.15) is 53.1 Å². The Labute approximate surface area is 236 Å². The van der Waals surface area contributed by atoms with Crippen LogP contribution >= 0.6 is 0 Å². The molecule has 35 heavy (non-hydrogen) atoms. The minimum absolute atomic E-state index is 0. The van der Waals surface area contributed by atoms with Gasteiger partial charge in [-0.25, -0.2) is 0 Å². The Kier molecular flexibility index (Phi) is 16.4. The second-order valence-corrected chi connectivity index (χ2v) is 8.06. The molecule has 3 rings (SSSR count). The third-order valence-corrected chi connectivity index (χ3v) is 5.63. The molecule has 1 fully saturated rings. The van der Waals surface area contributed by atoms with Crippen LogP contribution in [0.3, 0.4) is 0 Å². The molecule has 0 spiro atoms. The molecule has 1 aromatic carbocycles. The number of unbranched alkanes of at least 4 members (excludes halogenated alkanes) is 1. The standard InChI is InChI=1S/C16H22N2O.C12H15N2O.Y/c1-3-18(4-2)16(19)15-7-5-13(6-8-15)14-9-11-17-12-10-14;1-2-3-9-14-12(15)7-6-11-5-4-8-13-10-11;/h5-8,14,17H,1-4,9-12H2;4-8,10H,1-3,9H2,(H,14,15);/q-2;-1;+3/b;7-6+;. The first-order valence-corrected chi connectivity index (χ1v) is 11.9. The smallest absolute Gasteiger partial charge is 0.399 e. The van der Waals surface area contributed by atoms with Crippen molar-refractivity contribution in [3.05, 3.63) is 92.3 Å². The molecule has 2 heterocycles. The van der Waals surface area contributed by atoms with Gasteiger partial charge in [-0.05, 0) is 67.3 Å². The zero-order valence-electron chi connectivity index (χ0n) is 20.6. The number of hydrogen-bond acceptors (Lipinski definition) is 4. The number of benzene rings is 1. The molecule has 2 aromatic rings. The Bertz CT molecular complexity index is 878. The first kappa shape index (κ1) is 31.1. The Hall–Kier alpha value is -1.89. The minimum atomic E-state index is -0.0766. The number of piperidine rings is 1. The van der Waals surface area contributed by atoms with Gasteiger partial charge in [0.2, 0.25) is 11.8 Å². The second-order valence-electron chi connectivity index (χ2n) is 8.06. The number of pyridine rings is 1. The maximum atomic E-state index is 12.1. The van der Waals surface area contributed by atoms with Crippen LogP contribution in [-0.4, -0.2) is 54.4 Å². The maximum absolute atomic E-state index is 12.1. The predicted octanol–water partition coefficient (Wildman–Crippen LogP) is 4.09. The molecule has 1 aromatic heterocycles. The third-order valence-electron chi connectivity index (χ3n) is 5.63. The van der Waals surface area contributed by atoms with Crippen LogP contribution < -0.4 is 10.6 Å². The zero-order chi connectivity index (χ0) is 24.6. The van der Waals surface area contributed by atoms with E-state index >= 15 is 0 Å². The SMILES string of the molecule is [CH2-]CCCNC(=O)/C=C/c1cccnc1.[CH2-]CN(C[CH2-])C(=O)c1ccc(C2CCNCC2)cc1.[Y+3]. The molecule has 1 saturated heterocycles. The van der Waals surface area contributed by atoms with Crippen molar-refractivity contribution in [2.75, 3.05) is 32.7 Å². The van der Waals surface area contributed by atoms with Gasteiger partial charge < -0.3 is 36.3 Å². The number of carbonyl (C=O) groups is 2. The summed E-state index contributed by atoms with van der Waals surface area (Å²) in [4.78, 5) is 29.0. The van der Waals surface area contributed by atoms with E-state index in [-0.39, 0.29) is 44.5 Å². The van der Waals surface area contributed by atoms with E-state index in [4.69, 9.17) is 0 Å². The summed E-state index contributed by atoms with van der Waals surface area (Å²) < 4.78 is 0. The van der Waals surface area contributed by atoms with Crippen LogP contribution in [0.25, 0.3) is 6.08 Å². The Balaban J connectivity index is 0.000000350. The van der Waals surface area contributed by atoms with Crippen LogP contribution in [0.2, 0.25) is 0 Å². The molecule has 2 amide bonds. The molecule has 2 N–H and O–H groups in total. The van der Waals surface area contributed by atoms with Crippen molar-refractivity contribution >= 4 is 17.9 Å². The van der Waals surface area contributed by atoms with E-state index in [1.165, 1.54) is 24.5 Å². The van der Waals surface area contributed by atoms with Crippen LogP contribution in [0.5, 0.6) is 0 Å². The maximum Gasteiger partial charge on any atom is 3.00 e. The summed E-state index contributed by atoms with van der Waals surface area (Å²) in [6.45, 7) is 15.0. The van der Waals surface area contributed by atoms with Gasteiger partial charge in [-0.3, -0.25) is 14.6 Å². The van der Waals surface area contributed by atoms with Gasteiger partial charge in [0.1, 0.15) is 0 Å². The Morgan fingerprint density at radius 3 is 2.34 bits per heavy atom. The van der Waals surface area contributed by atoms with Crippen LogP contribution in [0, 0.1) is 20.8 Å². The van der Waals surface area contributed by atoms with Gasteiger partial charge in [0.15, 0.2) is 0 Å². The molecule has 184 valence electrons. The predicted molar refractivity (Wildman–Crippen MR) is 139 cm³/mol. The van der Waals surface area contributed by atoms with Crippen molar-refractivity contribution in [3.8, 4) is 0 Å². The number of carbonyl (C=O) groups excluding carboxylic acids is 2. The van der Waals surface area contributed by atoms with Gasteiger partial charge in [-0.2, -0.15) is 6.42 Å². The van der Waals surface area contributed by atoms with Gasteiger partial charge in [0.05, 0.1) is 0 Å². The first-order valence-electron chi connectivity index (χ1n) is 11.9. The third kappa shape index (κ3) is 11.6. The minimum Gasteiger partial charge on any atom is -0.399 e. The molecule has 6 nitrogen and oxygen atoms in total. The van der Waals surface area contributed by atoms with E-state index in [1.807, 2.05) is 24.3 Å². The van der Waals surface area contributed by atoms with Crippen molar-refractivity contribution < 1.29 is 42.3 Å². The van der Waals surface area contributed by atoms with Crippen molar-refractivity contribution in [1.82, 2.24) is 20.5 Å². The van der Waals surface area contributed by atoms with E-state index in [0.717, 1.165) is 37.1 Å². The zero-order valence-corrected chi connectivity index (χ0v) is 23.5. The van der Waals surface area contributed by atoms with Crippen molar-refractivity contribution in [2.45, 2.75) is 31.6 Å². The van der Waals surface area contributed by atoms with Gasteiger partial charge in [-0.1, -0.05) is 24.6 Å². The summed E-state index contributed by atoms with van der Waals surface area (Å²) in [6.07, 6.45) is 10.8. The van der Waals surface area contributed by atoms with E-state index in [1.54, 1.807) is 23.4 Å². The van der Waals surface area contributed by atoms with Gasteiger partial charge in [0, 0.05) is 30.6 Å². The van der Waals surface area contributed by atoms with Crippen LogP contribution in [0.4, 0.5) is 0 Å². The first-order chi connectivity index (χ1) is 16.6. The number of aromatic nitrogens is 1. The molecule has 0 bridgehead atoms. The fraction of sp³-hybridized carbons (Fsp3) is 0.357. The molecule has 0 atom stereocenters.